The van der Waals surface area contributed by atoms with Crippen molar-refractivity contribution in [2.24, 2.45) is 0 Å². The molecule has 0 unspecified atom stereocenters. The number of hydrogen-bond acceptors (Lipinski definition) is 5. The van der Waals surface area contributed by atoms with E-state index in [1.54, 1.807) is 48.5 Å². The lowest BCUT2D eigenvalue weighted by Gasteiger charge is -2.05. The van der Waals surface area contributed by atoms with Gasteiger partial charge in [0.2, 0.25) is 0 Å². The maximum atomic E-state index is 12.4. The monoisotopic (exact) mass is 326 g/mol. The molecule has 0 saturated carbocycles. The highest BCUT2D eigenvalue weighted by molar-refractivity contribution is 6.09. The summed E-state index contributed by atoms with van der Waals surface area (Å²) in [6.45, 7) is -0.988. The molecule has 0 radical (unpaired) electrons. The molecule has 2 rings (SSSR count). The number of carbonyl (C=O) groups is 3. The largest absolute Gasteiger partial charge is 0.389 e. The molecule has 0 atom stereocenters. The van der Waals surface area contributed by atoms with Gasteiger partial charge >= 0.3 is 0 Å². The van der Waals surface area contributed by atoms with Crippen LogP contribution in [0, 0.1) is 0 Å². The minimum atomic E-state index is -0.494. The number of aliphatic hydroxyl groups excluding tert-OH is 2. The molecule has 5 nitrogen and oxygen atoms in total. The van der Waals surface area contributed by atoms with Gasteiger partial charge in [-0.2, -0.15) is 0 Å². The summed E-state index contributed by atoms with van der Waals surface area (Å²) in [6.07, 6.45) is 0.275. The first-order valence-electron chi connectivity index (χ1n) is 7.51. The molecule has 124 valence electrons. The van der Waals surface area contributed by atoms with Crippen LogP contribution in [0.5, 0.6) is 0 Å². The lowest BCUT2D eigenvalue weighted by atomic mass is 9.99. The standard InChI is InChI=1S/C19H18O5/c20-11-17(22)9-13-1-5-15(6-2-13)19(24)16-7-3-14(4-8-16)10-18(23)12-21/h1-8,20-21H,9-12H2. The molecule has 2 N–H and O–H groups in total. The lowest BCUT2D eigenvalue weighted by molar-refractivity contribution is -0.121. The van der Waals surface area contributed by atoms with Crippen molar-refractivity contribution in [3.05, 3.63) is 70.8 Å². The lowest BCUT2D eigenvalue weighted by Crippen LogP contribution is -2.08. The number of aliphatic hydroxyl groups is 2. The van der Waals surface area contributed by atoms with Crippen molar-refractivity contribution < 1.29 is 24.6 Å². The Morgan fingerprint density at radius 3 is 1.25 bits per heavy atom. The predicted octanol–water partition coefficient (Wildman–Crippen LogP) is 1.13. The molecule has 2 aromatic rings. The summed E-state index contributed by atoms with van der Waals surface area (Å²) in [6, 6.07) is 13.3. The van der Waals surface area contributed by atoms with Crippen LogP contribution in [0.25, 0.3) is 0 Å². The summed E-state index contributed by atoms with van der Waals surface area (Å²) >= 11 is 0. The first kappa shape index (κ1) is 17.7. The number of carbonyl (C=O) groups excluding carboxylic acids is 3. The van der Waals surface area contributed by atoms with Gasteiger partial charge in [-0.1, -0.05) is 48.5 Å². The normalized spacial score (nSPS) is 10.4. The Morgan fingerprint density at radius 2 is 0.958 bits per heavy atom. The van der Waals surface area contributed by atoms with E-state index in [2.05, 4.69) is 0 Å². The van der Waals surface area contributed by atoms with Crippen molar-refractivity contribution in [1.82, 2.24) is 0 Å². The van der Waals surface area contributed by atoms with Gasteiger partial charge < -0.3 is 10.2 Å². The summed E-state index contributed by atoms with van der Waals surface area (Å²) in [5.41, 5.74) is 2.47. The van der Waals surface area contributed by atoms with E-state index >= 15 is 0 Å². The zero-order valence-electron chi connectivity index (χ0n) is 13.1. The van der Waals surface area contributed by atoms with Gasteiger partial charge in [0.15, 0.2) is 17.3 Å². The van der Waals surface area contributed by atoms with Crippen LogP contribution in [0.2, 0.25) is 0 Å². The van der Waals surface area contributed by atoms with E-state index in [4.69, 9.17) is 10.2 Å². The van der Waals surface area contributed by atoms with Crippen LogP contribution in [0.1, 0.15) is 27.0 Å². The van der Waals surface area contributed by atoms with Crippen LogP contribution in [-0.4, -0.2) is 40.8 Å². The Bertz CT molecular complexity index is 666. The molecule has 0 fully saturated rings. The summed E-state index contributed by atoms with van der Waals surface area (Å²) in [4.78, 5) is 34.8. The Hall–Kier alpha value is -2.63. The Balaban J connectivity index is 2.08. The van der Waals surface area contributed by atoms with Crippen LogP contribution in [0.3, 0.4) is 0 Å². The zero-order valence-corrected chi connectivity index (χ0v) is 13.1. The van der Waals surface area contributed by atoms with E-state index < -0.39 is 13.2 Å². The second kappa shape index (κ2) is 8.29. The van der Waals surface area contributed by atoms with E-state index in [1.165, 1.54) is 0 Å². The number of hydrogen-bond donors (Lipinski definition) is 2. The molecule has 0 aliphatic rings. The highest BCUT2D eigenvalue weighted by Crippen LogP contribution is 2.13. The minimum Gasteiger partial charge on any atom is -0.389 e. The molecular weight excluding hydrogens is 308 g/mol. The van der Waals surface area contributed by atoms with Crippen LogP contribution < -0.4 is 0 Å². The Morgan fingerprint density at radius 1 is 0.625 bits per heavy atom. The average molecular weight is 326 g/mol. The molecule has 0 heterocycles. The van der Waals surface area contributed by atoms with E-state index in [1.807, 2.05) is 0 Å². The molecule has 2 aromatic carbocycles. The first-order chi connectivity index (χ1) is 11.5. The van der Waals surface area contributed by atoms with Gasteiger partial charge in [0.05, 0.1) is 0 Å². The van der Waals surface area contributed by atoms with Crippen molar-refractivity contribution in [2.75, 3.05) is 13.2 Å². The van der Waals surface area contributed by atoms with Gasteiger partial charge in [-0.25, -0.2) is 0 Å². The highest BCUT2D eigenvalue weighted by atomic mass is 16.3. The third-order valence-corrected chi connectivity index (χ3v) is 3.59. The number of benzene rings is 2. The molecule has 24 heavy (non-hydrogen) atoms. The average Bonchev–Trinajstić information content (AvgIpc) is 2.62. The highest BCUT2D eigenvalue weighted by Gasteiger charge is 2.10. The van der Waals surface area contributed by atoms with Crippen LogP contribution in [0.15, 0.2) is 48.5 Å². The van der Waals surface area contributed by atoms with E-state index in [9.17, 15) is 14.4 Å². The molecule has 0 spiro atoms. The summed E-state index contributed by atoms with van der Waals surface area (Å²) in [7, 11) is 0. The maximum Gasteiger partial charge on any atom is 0.193 e. The van der Waals surface area contributed by atoms with Gasteiger partial charge in [-0.05, 0) is 11.1 Å². The van der Waals surface area contributed by atoms with E-state index in [-0.39, 0.29) is 30.2 Å². The first-order valence-corrected chi connectivity index (χ1v) is 7.51. The van der Waals surface area contributed by atoms with Gasteiger partial charge in [0.1, 0.15) is 13.2 Å². The zero-order chi connectivity index (χ0) is 17.5. The summed E-state index contributed by atoms with van der Waals surface area (Å²) in [5.74, 6) is -0.709. The number of ketones is 3. The van der Waals surface area contributed by atoms with Gasteiger partial charge in [0.25, 0.3) is 0 Å². The predicted molar refractivity (Wildman–Crippen MR) is 87.9 cm³/mol. The second-order valence-corrected chi connectivity index (χ2v) is 5.47. The van der Waals surface area contributed by atoms with Crippen molar-refractivity contribution in [3.63, 3.8) is 0 Å². The van der Waals surface area contributed by atoms with Crippen molar-refractivity contribution in [2.45, 2.75) is 12.8 Å². The fraction of sp³-hybridized carbons (Fsp3) is 0.211. The minimum absolute atomic E-state index is 0.137. The molecule has 0 bridgehead atoms. The summed E-state index contributed by atoms with van der Waals surface area (Å²) < 4.78 is 0. The van der Waals surface area contributed by atoms with Gasteiger partial charge in [0, 0.05) is 24.0 Å². The van der Waals surface area contributed by atoms with E-state index in [0.29, 0.717) is 11.1 Å². The van der Waals surface area contributed by atoms with Crippen LogP contribution in [0.4, 0.5) is 0 Å². The van der Waals surface area contributed by atoms with E-state index in [0.717, 1.165) is 11.1 Å². The van der Waals surface area contributed by atoms with Crippen LogP contribution in [-0.2, 0) is 22.4 Å². The van der Waals surface area contributed by atoms with Crippen LogP contribution >= 0.6 is 0 Å². The van der Waals surface area contributed by atoms with Gasteiger partial charge in [-0.15, -0.1) is 0 Å². The quantitative estimate of drug-likeness (QED) is 0.710. The Kier molecular flexibility index (Phi) is 6.12. The molecule has 0 aromatic heterocycles. The maximum absolute atomic E-state index is 12.4. The topological polar surface area (TPSA) is 91.7 Å². The van der Waals surface area contributed by atoms with Crippen molar-refractivity contribution in [3.8, 4) is 0 Å². The third kappa shape index (κ3) is 4.68. The molecule has 0 amide bonds. The molecule has 0 saturated heterocycles. The number of rotatable bonds is 8. The van der Waals surface area contributed by atoms with Crippen molar-refractivity contribution in [1.29, 1.82) is 0 Å². The fourth-order valence-corrected chi connectivity index (χ4v) is 2.28. The van der Waals surface area contributed by atoms with Gasteiger partial charge in [-0.3, -0.25) is 14.4 Å². The molecular formula is C19H18O5. The third-order valence-electron chi connectivity index (χ3n) is 3.59. The fourth-order valence-electron chi connectivity index (χ4n) is 2.28. The van der Waals surface area contributed by atoms with Crippen molar-refractivity contribution >= 4 is 17.3 Å². The molecule has 0 aliphatic carbocycles. The molecule has 5 heteroatoms. The second-order valence-electron chi connectivity index (χ2n) is 5.47. The Labute approximate surface area is 139 Å². The SMILES string of the molecule is O=C(CO)Cc1ccc(C(=O)c2ccc(CC(=O)CO)cc2)cc1. The number of Topliss-reactive ketones (excluding diaryl/α,β-unsaturated/α-hetero) is 2. The summed E-state index contributed by atoms with van der Waals surface area (Å²) in [5, 5.41) is 17.5. The smallest absolute Gasteiger partial charge is 0.193 e. The molecule has 0 aliphatic heterocycles.